The highest BCUT2D eigenvalue weighted by Gasteiger charge is 2.04. The first-order chi connectivity index (χ1) is 7.74. The molecule has 1 atom stereocenters. The van der Waals surface area contributed by atoms with Crippen molar-refractivity contribution in [3.05, 3.63) is 33.5 Å². The van der Waals surface area contributed by atoms with Crippen LogP contribution in [-0.4, -0.2) is 20.8 Å². The van der Waals surface area contributed by atoms with Crippen molar-refractivity contribution >= 4 is 27.3 Å². The predicted molar refractivity (Wildman–Crippen MR) is 68.3 cm³/mol. The second kappa shape index (κ2) is 5.56. The summed E-state index contributed by atoms with van der Waals surface area (Å²) in [5.74, 6) is 0. The highest BCUT2D eigenvalue weighted by molar-refractivity contribution is 9.10. The van der Waals surface area contributed by atoms with Gasteiger partial charge in [0, 0.05) is 29.9 Å². The topological polar surface area (TPSA) is 42.7 Å². The standard InChI is InChI=1S/C10H13BrN4S/c1-8(5-15-6-9(11)2-14-15)13-4-10-3-12-7-16-10/h2-3,6-8,13H,4-5H2,1H3. The van der Waals surface area contributed by atoms with Crippen LogP contribution in [0.15, 0.2) is 28.6 Å². The van der Waals surface area contributed by atoms with Crippen molar-refractivity contribution in [2.75, 3.05) is 0 Å². The third kappa shape index (κ3) is 3.40. The van der Waals surface area contributed by atoms with Gasteiger partial charge in [-0.2, -0.15) is 5.10 Å². The lowest BCUT2D eigenvalue weighted by Gasteiger charge is -2.12. The highest BCUT2D eigenvalue weighted by atomic mass is 79.9. The van der Waals surface area contributed by atoms with E-state index in [0.29, 0.717) is 6.04 Å². The van der Waals surface area contributed by atoms with E-state index in [4.69, 9.17) is 0 Å². The summed E-state index contributed by atoms with van der Waals surface area (Å²) in [6, 6.07) is 0.383. The Morgan fingerprint density at radius 3 is 3.06 bits per heavy atom. The lowest BCUT2D eigenvalue weighted by atomic mass is 10.3. The van der Waals surface area contributed by atoms with Gasteiger partial charge in [-0.15, -0.1) is 11.3 Å². The van der Waals surface area contributed by atoms with Crippen LogP contribution < -0.4 is 5.32 Å². The number of nitrogens with one attached hydrogen (secondary N) is 1. The van der Waals surface area contributed by atoms with E-state index < -0.39 is 0 Å². The molecule has 1 N–H and O–H groups in total. The van der Waals surface area contributed by atoms with Crippen LogP contribution >= 0.6 is 27.3 Å². The van der Waals surface area contributed by atoms with E-state index in [-0.39, 0.29) is 0 Å². The van der Waals surface area contributed by atoms with Crippen LogP contribution in [-0.2, 0) is 13.1 Å². The van der Waals surface area contributed by atoms with Crippen LogP contribution in [0.1, 0.15) is 11.8 Å². The lowest BCUT2D eigenvalue weighted by molar-refractivity contribution is 0.452. The van der Waals surface area contributed by atoms with Crippen LogP contribution in [0.4, 0.5) is 0 Å². The molecular weight excluding hydrogens is 288 g/mol. The van der Waals surface area contributed by atoms with Crippen molar-refractivity contribution in [2.45, 2.75) is 26.1 Å². The molecule has 0 spiro atoms. The first kappa shape index (κ1) is 11.8. The average molecular weight is 301 g/mol. The first-order valence-electron chi connectivity index (χ1n) is 5.03. The van der Waals surface area contributed by atoms with Gasteiger partial charge in [0.1, 0.15) is 0 Å². The van der Waals surface area contributed by atoms with Crippen molar-refractivity contribution in [3.8, 4) is 0 Å². The van der Waals surface area contributed by atoms with Gasteiger partial charge in [0.25, 0.3) is 0 Å². The summed E-state index contributed by atoms with van der Waals surface area (Å²) in [4.78, 5) is 5.30. The Labute approximate surface area is 107 Å². The predicted octanol–water partition coefficient (Wildman–Crippen LogP) is 2.28. The van der Waals surface area contributed by atoms with E-state index in [1.165, 1.54) is 4.88 Å². The fourth-order valence-corrected chi connectivity index (χ4v) is 2.26. The van der Waals surface area contributed by atoms with Crippen molar-refractivity contribution < 1.29 is 0 Å². The maximum Gasteiger partial charge on any atom is 0.0794 e. The molecule has 6 heteroatoms. The Hall–Kier alpha value is -0.720. The van der Waals surface area contributed by atoms with Gasteiger partial charge in [0.2, 0.25) is 0 Å². The van der Waals surface area contributed by atoms with Gasteiger partial charge in [-0.3, -0.25) is 9.67 Å². The van der Waals surface area contributed by atoms with Crippen LogP contribution in [0.5, 0.6) is 0 Å². The normalized spacial score (nSPS) is 12.9. The zero-order valence-corrected chi connectivity index (χ0v) is 11.3. The summed E-state index contributed by atoms with van der Waals surface area (Å²) in [7, 11) is 0. The van der Waals surface area contributed by atoms with Gasteiger partial charge in [0.05, 0.1) is 22.7 Å². The summed E-state index contributed by atoms with van der Waals surface area (Å²) >= 11 is 5.05. The number of hydrogen-bond donors (Lipinski definition) is 1. The van der Waals surface area contributed by atoms with Crippen molar-refractivity contribution in [1.29, 1.82) is 0 Å². The Morgan fingerprint density at radius 1 is 1.56 bits per heavy atom. The van der Waals surface area contributed by atoms with E-state index in [2.05, 4.69) is 38.3 Å². The molecule has 2 aromatic heterocycles. The molecule has 0 aliphatic rings. The number of halogens is 1. The lowest BCUT2D eigenvalue weighted by Crippen LogP contribution is -2.29. The molecule has 0 bridgehead atoms. The quantitative estimate of drug-likeness (QED) is 0.921. The van der Waals surface area contributed by atoms with Crippen LogP contribution in [0.3, 0.4) is 0 Å². The second-order valence-corrected chi connectivity index (χ2v) is 5.52. The minimum Gasteiger partial charge on any atom is -0.307 e. The fourth-order valence-electron chi connectivity index (χ4n) is 1.39. The summed E-state index contributed by atoms with van der Waals surface area (Å²) in [5, 5.41) is 7.66. The Balaban J connectivity index is 1.78. The molecule has 0 amide bonds. The Bertz CT molecular complexity index is 426. The number of rotatable bonds is 5. The minimum absolute atomic E-state index is 0.383. The molecule has 0 aliphatic heterocycles. The van der Waals surface area contributed by atoms with E-state index in [1.54, 1.807) is 17.5 Å². The molecule has 86 valence electrons. The Kier molecular flexibility index (Phi) is 4.09. The molecule has 0 saturated carbocycles. The van der Waals surface area contributed by atoms with Crippen molar-refractivity contribution in [1.82, 2.24) is 20.1 Å². The van der Waals surface area contributed by atoms with E-state index in [9.17, 15) is 0 Å². The zero-order valence-electron chi connectivity index (χ0n) is 8.93. The summed E-state index contributed by atoms with van der Waals surface area (Å²) in [6.07, 6.45) is 5.68. The molecule has 2 aromatic rings. The molecule has 0 fully saturated rings. The van der Waals surface area contributed by atoms with E-state index in [0.717, 1.165) is 17.6 Å². The molecule has 2 heterocycles. The number of nitrogens with zero attached hydrogens (tertiary/aromatic N) is 3. The van der Waals surface area contributed by atoms with Crippen molar-refractivity contribution in [3.63, 3.8) is 0 Å². The van der Waals surface area contributed by atoms with E-state index in [1.807, 2.05) is 22.6 Å². The van der Waals surface area contributed by atoms with Gasteiger partial charge < -0.3 is 5.32 Å². The van der Waals surface area contributed by atoms with Crippen LogP contribution in [0.2, 0.25) is 0 Å². The molecular formula is C10H13BrN4S. The SMILES string of the molecule is CC(Cn1cc(Br)cn1)NCc1cncs1. The molecule has 0 aromatic carbocycles. The fraction of sp³-hybridized carbons (Fsp3) is 0.400. The van der Waals surface area contributed by atoms with Gasteiger partial charge in [-0.05, 0) is 22.9 Å². The zero-order chi connectivity index (χ0) is 11.4. The first-order valence-corrected chi connectivity index (χ1v) is 6.70. The highest BCUT2D eigenvalue weighted by Crippen LogP contribution is 2.07. The molecule has 1 unspecified atom stereocenters. The second-order valence-electron chi connectivity index (χ2n) is 3.63. The maximum atomic E-state index is 4.22. The number of thiazole rings is 1. The average Bonchev–Trinajstić information content (AvgIpc) is 2.87. The molecule has 0 aliphatic carbocycles. The maximum absolute atomic E-state index is 4.22. The molecule has 0 saturated heterocycles. The van der Waals surface area contributed by atoms with Gasteiger partial charge in [0.15, 0.2) is 0 Å². The third-order valence-electron chi connectivity index (χ3n) is 2.17. The smallest absolute Gasteiger partial charge is 0.0794 e. The van der Waals surface area contributed by atoms with E-state index >= 15 is 0 Å². The van der Waals surface area contributed by atoms with Gasteiger partial charge in [-0.1, -0.05) is 0 Å². The molecule has 4 nitrogen and oxygen atoms in total. The summed E-state index contributed by atoms with van der Waals surface area (Å²) in [6.45, 7) is 3.88. The number of aromatic nitrogens is 3. The summed E-state index contributed by atoms with van der Waals surface area (Å²) in [5.41, 5.74) is 1.85. The Morgan fingerprint density at radius 2 is 2.44 bits per heavy atom. The summed E-state index contributed by atoms with van der Waals surface area (Å²) < 4.78 is 2.94. The van der Waals surface area contributed by atoms with Gasteiger partial charge in [-0.25, -0.2) is 0 Å². The number of hydrogen-bond acceptors (Lipinski definition) is 4. The van der Waals surface area contributed by atoms with Crippen LogP contribution in [0, 0.1) is 0 Å². The largest absolute Gasteiger partial charge is 0.307 e. The molecule has 2 rings (SSSR count). The monoisotopic (exact) mass is 300 g/mol. The van der Waals surface area contributed by atoms with Crippen LogP contribution in [0.25, 0.3) is 0 Å². The van der Waals surface area contributed by atoms with Crippen molar-refractivity contribution in [2.24, 2.45) is 0 Å². The van der Waals surface area contributed by atoms with Gasteiger partial charge >= 0.3 is 0 Å². The molecule has 16 heavy (non-hydrogen) atoms. The molecule has 0 radical (unpaired) electrons. The minimum atomic E-state index is 0.383. The third-order valence-corrected chi connectivity index (χ3v) is 3.36.